The normalized spacial score (nSPS) is 11.4. The smallest absolute Gasteiger partial charge is 0.258 e. The lowest BCUT2D eigenvalue weighted by Crippen LogP contribution is -1.98. The summed E-state index contributed by atoms with van der Waals surface area (Å²) in [5.74, 6) is 0. The van der Waals surface area contributed by atoms with Crippen molar-refractivity contribution >= 4 is 11.8 Å². The molecule has 0 heterocycles. The van der Waals surface area contributed by atoms with Gasteiger partial charge < -0.3 is 0 Å². The number of nitrogens with zero attached hydrogens (tertiary/aromatic N) is 1. The fraction of sp³-hybridized carbons (Fsp3) is 0.125. The second-order valence-corrected chi connectivity index (χ2v) is 4.44. The standard InChI is InChI=1S/C16H15NO2/c1-12-7-6-10-15(13(12)2)11-16(17(18)19)14-8-4-3-5-9-14/h3-11H,1-2H3. The molecular weight excluding hydrogens is 238 g/mol. The molecule has 0 aliphatic carbocycles. The Kier molecular flexibility index (Phi) is 3.76. The zero-order chi connectivity index (χ0) is 13.8. The third-order valence-electron chi connectivity index (χ3n) is 3.20. The third kappa shape index (κ3) is 2.88. The minimum Gasteiger partial charge on any atom is -0.258 e. The van der Waals surface area contributed by atoms with Crippen LogP contribution >= 0.6 is 0 Å². The summed E-state index contributed by atoms with van der Waals surface area (Å²) >= 11 is 0. The topological polar surface area (TPSA) is 43.1 Å². The summed E-state index contributed by atoms with van der Waals surface area (Å²) in [4.78, 5) is 10.9. The van der Waals surface area contributed by atoms with Crippen LogP contribution < -0.4 is 0 Å². The molecule has 0 fully saturated rings. The number of hydrogen-bond donors (Lipinski definition) is 0. The summed E-state index contributed by atoms with van der Waals surface area (Å²) in [6, 6.07) is 14.8. The van der Waals surface area contributed by atoms with Crippen molar-refractivity contribution in [3.05, 3.63) is 80.9 Å². The first kappa shape index (κ1) is 13.0. The minimum absolute atomic E-state index is 0.120. The van der Waals surface area contributed by atoms with Crippen molar-refractivity contribution in [1.29, 1.82) is 0 Å². The Bertz CT molecular complexity index is 630. The highest BCUT2D eigenvalue weighted by Gasteiger charge is 2.14. The van der Waals surface area contributed by atoms with E-state index < -0.39 is 0 Å². The zero-order valence-electron chi connectivity index (χ0n) is 11.0. The lowest BCUT2D eigenvalue weighted by molar-refractivity contribution is -0.374. The van der Waals surface area contributed by atoms with Crippen molar-refractivity contribution in [1.82, 2.24) is 0 Å². The molecule has 3 nitrogen and oxygen atoms in total. The van der Waals surface area contributed by atoms with Crippen LogP contribution in [0.1, 0.15) is 22.3 Å². The molecule has 96 valence electrons. The van der Waals surface area contributed by atoms with E-state index in [0.717, 1.165) is 16.7 Å². The van der Waals surface area contributed by atoms with Crippen LogP contribution in [0.4, 0.5) is 0 Å². The van der Waals surface area contributed by atoms with Gasteiger partial charge in [0.1, 0.15) is 0 Å². The molecule has 0 amide bonds. The maximum atomic E-state index is 11.2. The van der Waals surface area contributed by atoms with Crippen molar-refractivity contribution in [3.8, 4) is 0 Å². The molecule has 0 aliphatic heterocycles. The van der Waals surface area contributed by atoms with Gasteiger partial charge in [0.05, 0.1) is 10.5 Å². The van der Waals surface area contributed by atoms with Crippen molar-refractivity contribution in [2.24, 2.45) is 0 Å². The number of hydrogen-bond acceptors (Lipinski definition) is 2. The lowest BCUT2D eigenvalue weighted by Gasteiger charge is -2.05. The van der Waals surface area contributed by atoms with Crippen LogP contribution in [0, 0.1) is 24.0 Å². The second-order valence-electron chi connectivity index (χ2n) is 4.44. The van der Waals surface area contributed by atoms with Crippen LogP contribution in [-0.2, 0) is 0 Å². The fourth-order valence-corrected chi connectivity index (χ4v) is 1.93. The highest BCUT2D eigenvalue weighted by atomic mass is 16.6. The van der Waals surface area contributed by atoms with Crippen molar-refractivity contribution in [2.75, 3.05) is 0 Å². The van der Waals surface area contributed by atoms with E-state index in [4.69, 9.17) is 0 Å². The average Bonchev–Trinajstić information content (AvgIpc) is 2.41. The summed E-state index contributed by atoms with van der Waals surface area (Å²) in [5.41, 5.74) is 3.82. The SMILES string of the molecule is Cc1cccc(C=C(c2ccccc2)[N+](=O)[O-])c1C. The number of aryl methyl sites for hydroxylation is 1. The molecule has 0 atom stereocenters. The average molecular weight is 253 g/mol. The maximum absolute atomic E-state index is 11.2. The second kappa shape index (κ2) is 5.48. The van der Waals surface area contributed by atoms with E-state index in [0.29, 0.717) is 5.56 Å². The fourth-order valence-electron chi connectivity index (χ4n) is 1.93. The Hall–Kier alpha value is -2.42. The van der Waals surface area contributed by atoms with Crippen LogP contribution in [0.25, 0.3) is 11.8 Å². The van der Waals surface area contributed by atoms with Gasteiger partial charge in [0.2, 0.25) is 0 Å². The Morgan fingerprint density at radius 3 is 2.37 bits per heavy atom. The first-order valence-corrected chi connectivity index (χ1v) is 6.07. The van der Waals surface area contributed by atoms with Gasteiger partial charge in [-0.1, -0.05) is 36.4 Å². The van der Waals surface area contributed by atoms with Gasteiger partial charge in [0.25, 0.3) is 5.70 Å². The molecule has 0 saturated carbocycles. The molecule has 19 heavy (non-hydrogen) atoms. The molecule has 0 spiro atoms. The molecule has 2 rings (SSSR count). The monoisotopic (exact) mass is 253 g/mol. The minimum atomic E-state index is -0.336. The molecule has 3 heteroatoms. The molecule has 0 radical (unpaired) electrons. The first-order chi connectivity index (χ1) is 9.09. The molecular formula is C16H15NO2. The van der Waals surface area contributed by atoms with E-state index >= 15 is 0 Å². The summed E-state index contributed by atoms with van der Waals surface area (Å²) in [5, 5.41) is 11.2. The Morgan fingerprint density at radius 1 is 1.05 bits per heavy atom. The quantitative estimate of drug-likeness (QED) is 0.470. The van der Waals surface area contributed by atoms with E-state index in [-0.39, 0.29) is 10.6 Å². The molecule has 0 bridgehead atoms. The highest BCUT2D eigenvalue weighted by molar-refractivity contribution is 5.77. The molecule has 0 N–H and O–H groups in total. The largest absolute Gasteiger partial charge is 0.277 e. The van der Waals surface area contributed by atoms with Gasteiger partial charge in [-0.25, -0.2) is 0 Å². The third-order valence-corrected chi connectivity index (χ3v) is 3.20. The van der Waals surface area contributed by atoms with Gasteiger partial charge in [0.15, 0.2) is 0 Å². The van der Waals surface area contributed by atoms with Gasteiger partial charge in [-0.2, -0.15) is 0 Å². The van der Waals surface area contributed by atoms with Crippen molar-refractivity contribution in [3.63, 3.8) is 0 Å². The van der Waals surface area contributed by atoms with Crippen LogP contribution in [0.3, 0.4) is 0 Å². The highest BCUT2D eigenvalue weighted by Crippen LogP contribution is 2.22. The van der Waals surface area contributed by atoms with Crippen LogP contribution in [-0.4, -0.2) is 4.92 Å². The van der Waals surface area contributed by atoms with E-state index in [1.54, 1.807) is 30.3 Å². The summed E-state index contributed by atoms with van der Waals surface area (Å²) in [7, 11) is 0. The van der Waals surface area contributed by atoms with Gasteiger partial charge in [-0.05, 0) is 42.7 Å². The van der Waals surface area contributed by atoms with Crippen LogP contribution in [0.15, 0.2) is 48.5 Å². The molecule has 0 unspecified atom stereocenters. The van der Waals surface area contributed by atoms with E-state index in [1.807, 2.05) is 38.1 Å². The van der Waals surface area contributed by atoms with E-state index in [1.165, 1.54) is 0 Å². The van der Waals surface area contributed by atoms with Crippen LogP contribution in [0.5, 0.6) is 0 Å². The van der Waals surface area contributed by atoms with Crippen LogP contribution in [0.2, 0.25) is 0 Å². The first-order valence-electron chi connectivity index (χ1n) is 6.07. The van der Waals surface area contributed by atoms with Gasteiger partial charge in [-0.3, -0.25) is 10.1 Å². The molecule has 0 aliphatic rings. The lowest BCUT2D eigenvalue weighted by atomic mass is 10.0. The number of nitro groups is 1. The Balaban J connectivity index is 2.54. The van der Waals surface area contributed by atoms with Crippen molar-refractivity contribution in [2.45, 2.75) is 13.8 Å². The summed E-state index contributed by atoms with van der Waals surface area (Å²) < 4.78 is 0. The van der Waals surface area contributed by atoms with E-state index in [2.05, 4.69) is 0 Å². The van der Waals surface area contributed by atoms with Gasteiger partial charge in [-0.15, -0.1) is 0 Å². The molecule has 2 aromatic rings. The summed E-state index contributed by atoms with van der Waals surface area (Å²) in [6.45, 7) is 3.98. The van der Waals surface area contributed by atoms with Crippen molar-refractivity contribution < 1.29 is 4.92 Å². The van der Waals surface area contributed by atoms with Gasteiger partial charge >= 0.3 is 0 Å². The summed E-state index contributed by atoms with van der Waals surface area (Å²) in [6.07, 6.45) is 1.64. The maximum Gasteiger partial charge on any atom is 0.277 e. The number of benzene rings is 2. The molecule has 0 saturated heterocycles. The number of rotatable bonds is 3. The van der Waals surface area contributed by atoms with Gasteiger partial charge in [0, 0.05) is 6.08 Å². The predicted molar refractivity (Wildman–Crippen MR) is 77.2 cm³/mol. The van der Waals surface area contributed by atoms with E-state index in [9.17, 15) is 10.1 Å². The Morgan fingerprint density at radius 2 is 1.74 bits per heavy atom. The zero-order valence-corrected chi connectivity index (χ0v) is 11.0. The molecule has 0 aromatic heterocycles. The predicted octanol–water partition coefficient (Wildman–Crippen LogP) is 4.08. The molecule has 2 aromatic carbocycles. The Labute approximate surface area is 112 Å².